The quantitative estimate of drug-likeness (QED) is 0.798. The van der Waals surface area contributed by atoms with Gasteiger partial charge in [0.1, 0.15) is 5.15 Å². The first-order chi connectivity index (χ1) is 9.02. The third kappa shape index (κ3) is 2.95. The second kappa shape index (κ2) is 5.70. The Hall–Kier alpha value is -1.42. The zero-order valence-electron chi connectivity index (χ0n) is 11.8. The summed E-state index contributed by atoms with van der Waals surface area (Å²) in [6.07, 6.45) is 4.80. The Bertz CT molecular complexity index is 552. The van der Waals surface area contributed by atoms with Gasteiger partial charge in [-0.15, -0.1) is 0 Å². The highest BCUT2D eigenvalue weighted by molar-refractivity contribution is 6.30. The van der Waals surface area contributed by atoms with Crippen molar-refractivity contribution in [2.24, 2.45) is 0 Å². The molecule has 0 unspecified atom stereocenters. The monoisotopic (exact) mass is 278 g/mol. The van der Waals surface area contributed by atoms with E-state index in [1.165, 1.54) is 0 Å². The summed E-state index contributed by atoms with van der Waals surface area (Å²) < 4.78 is 1.90. The van der Waals surface area contributed by atoms with E-state index in [1.807, 2.05) is 17.8 Å². The zero-order valence-corrected chi connectivity index (χ0v) is 12.6. The molecule has 0 amide bonds. The first-order valence-electron chi connectivity index (χ1n) is 6.59. The summed E-state index contributed by atoms with van der Waals surface area (Å²) in [4.78, 5) is 8.95. The molecule has 0 fully saturated rings. The fourth-order valence-corrected chi connectivity index (χ4v) is 2.60. The molecular weight excluding hydrogens is 260 g/mol. The fourth-order valence-electron chi connectivity index (χ4n) is 2.16. The normalized spacial score (nSPS) is 11.3. The van der Waals surface area contributed by atoms with Gasteiger partial charge in [-0.2, -0.15) is 5.10 Å². The van der Waals surface area contributed by atoms with E-state index in [-0.39, 0.29) is 0 Å². The third-order valence-corrected chi connectivity index (χ3v) is 3.30. The van der Waals surface area contributed by atoms with Crippen molar-refractivity contribution in [3.05, 3.63) is 28.8 Å². The largest absolute Gasteiger partial charge is 0.272 e. The van der Waals surface area contributed by atoms with E-state index in [0.29, 0.717) is 16.9 Å². The summed E-state index contributed by atoms with van der Waals surface area (Å²) in [6.45, 7) is 9.18. The van der Waals surface area contributed by atoms with E-state index in [9.17, 15) is 0 Å². The molecule has 0 saturated heterocycles. The number of hydrogen-bond donors (Lipinski definition) is 0. The molecule has 0 atom stereocenters. The fraction of sp³-hybridized carbons (Fsp3) is 0.500. The zero-order chi connectivity index (χ0) is 14.0. The Morgan fingerprint density at radius 3 is 2.63 bits per heavy atom. The van der Waals surface area contributed by atoms with Crippen LogP contribution in [0.25, 0.3) is 11.4 Å². The van der Waals surface area contributed by atoms with E-state index in [4.69, 9.17) is 11.6 Å². The molecule has 0 aliphatic heterocycles. The SMILES string of the molecule is CCCn1cc(-c2nc(C)c(C(C)C)c(Cl)n2)cn1. The van der Waals surface area contributed by atoms with Crippen molar-refractivity contribution < 1.29 is 0 Å². The Balaban J connectivity index is 2.40. The van der Waals surface area contributed by atoms with Crippen molar-refractivity contribution in [2.45, 2.75) is 46.6 Å². The van der Waals surface area contributed by atoms with Crippen molar-refractivity contribution in [2.75, 3.05) is 0 Å². The van der Waals surface area contributed by atoms with Crippen LogP contribution in [-0.4, -0.2) is 19.7 Å². The lowest BCUT2D eigenvalue weighted by Gasteiger charge is -2.11. The first-order valence-corrected chi connectivity index (χ1v) is 6.97. The first kappa shape index (κ1) is 14.0. The summed E-state index contributed by atoms with van der Waals surface area (Å²) in [6, 6.07) is 0. The second-order valence-electron chi connectivity index (χ2n) is 4.98. The number of rotatable bonds is 4. The van der Waals surface area contributed by atoms with Crippen LogP contribution in [0, 0.1) is 6.92 Å². The number of hydrogen-bond acceptors (Lipinski definition) is 3. The average molecular weight is 279 g/mol. The second-order valence-corrected chi connectivity index (χ2v) is 5.34. The van der Waals surface area contributed by atoms with Gasteiger partial charge in [0.05, 0.1) is 11.8 Å². The van der Waals surface area contributed by atoms with Gasteiger partial charge in [0.2, 0.25) is 0 Å². The molecule has 0 aliphatic carbocycles. The Morgan fingerprint density at radius 1 is 1.32 bits per heavy atom. The number of aryl methyl sites for hydroxylation is 2. The highest BCUT2D eigenvalue weighted by Crippen LogP contribution is 2.27. The number of aromatic nitrogens is 4. The van der Waals surface area contributed by atoms with Crippen LogP contribution < -0.4 is 0 Å². The van der Waals surface area contributed by atoms with E-state index in [2.05, 4.69) is 35.8 Å². The molecule has 0 N–H and O–H groups in total. The van der Waals surface area contributed by atoms with Crippen LogP contribution in [0.4, 0.5) is 0 Å². The van der Waals surface area contributed by atoms with Gasteiger partial charge in [0, 0.05) is 24.0 Å². The molecule has 0 aliphatic rings. The number of nitrogens with zero attached hydrogens (tertiary/aromatic N) is 4. The van der Waals surface area contributed by atoms with Gasteiger partial charge < -0.3 is 0 Å². The third-order valence-electron chi connectivity index (χ3n) is 3.01. The molecule has 102 valence electrons. The summed E-state index contributed by atoms with van der Waals surface area (Å²) in [5.41, 5.74) is 2.87. The van der Waals surface area contributed by atoms with Crippen LogP contribution in [0.2, 0.25) is 5.15 Å². The van der Waals surface area contributed by atoms with Crippen molar-refractivity contribution >= 4 is 11.6 Å². The van der Waals surface area contributed by atoms with Crippen molar-refractivity contribution in [1.82, 2.24) is 19.7 Å². The average Bonchev–Trinajstić information content (AvgIpc) is 2.76. The topological polar surface area (TPSA) is 43.6 Å². The molecule has 2 aromatic heterocycles. The summed E-state index contributed by atoms with van der Waals surface area (Å²) in [7, 11) is 0. The molecule has 2 rings (SSSR count). The molecule has 0 radical (unpaired) electrons. The van der Waals surface area contributed by atoms with Gasteiger partial charge in [-0.25, -0.2) is 9.97 Å². The molecule has 2 heterocycles. The molecular formula is C14H19ClN4. The Kier molecular flexibility index (Phi) is 4.20. The van der Waals surface area contributed by atoms with Gasteiger partial charge in [0.15, 0.2) is 5.82 Å². The van der Waals surface area contributed by atoms with E-state index >= 15 is 0 Å². The Morgan fingerprint density at radius 2 is 2.05 bits per heavy atom. The predicted octanol–water partition coefficient (Wildman–Crippen LogP) is 3.84. The predicted molar refractivity (Wildman–Crippen MR) is 77.4 cm³/mol. The van der Waals surface area contributed by atoms with E-state index in [0.717, 1.165) is 29.8 Å². The van der Waals surface area contributed by atoms with E-state index in [1.54, 1.807) is 6.20 Å². The van der Waals surface area contributed by atoms with Crippen LogP contribution in [0.1, 0.15) is 44.4 Å². The molecule has 0 spiro atoms. The van der Waals surface area contributed by atoms with Crippen molar-refractivity contribution in [3.63, 3.8) is 0 Å². The molecule has 19 heavy (non-hydrogen) atoms. The maximum atomic E-state index is 6.27. The lowest BCUT2D eigenvalue weighted by atomic mass is 10.0. The van der Waals surface area contributed by atoms with Gasteiger partial charge in [-0.1, -0.05) is 32.4 Å². The number of halogens is 1. The van der Waals surface area contributed by atoms with Crippen LogP contribution in [-0.2, 0) is 6.54 Å². The molecule has 5 heteroatoms. The maximum absolute atomic E-state index is 6.27. The van der Waals surface area contributed by atoms with Gasteiger partial charge >= 0.3 is 0 Å². The smallest absolute Gasteiger partial charge is 0.164 e. The highest BCUT2D eigenvalue weighted by Gasteiger charge is 2.14. The van der Waals surface area contributed by atoms with Crippen LogP contribution >= 0.6 is 11.6 Å². The minimum atomic E-state index is 0.323. The molecule has 4 nitrogen and oxygen atoms in total. The molecule has 2 aromatic rings. The molecule has 0 bridgehead atoms. The Labute approximate surface area is 118 Å². The lowest BCUT2D eigenvalue weighted by molar-refractivity contribution is 0.603. The van der Waals surface area contributed by atoms with Gasteiger partial charge in [-0.3, -0.25) is 4.68 Å². The summed E-state index contributed by atoms with van der Waals surface area (Å²) in [5, 5.41) is 4.84. The van der Waals surface area contributed by atoms with Crippen molar-refractivity contribution in [1.29, 1.82) is 0 Å². The van der Waals surface area contributed by atoms with Crippen molar-refractivity contribution in [3.8, 4) is 11.4 Å². The minimum Gasteiger partial charge on any atom is -0.272 e. The van der Waals surface area contributed by atoms with Crippen LogP contribution in [0.15, 0.2) is 12.4 Å². The molecule has 0 saturated carbocycles. The minimum absolute atomic E-state index is 0.323. The van der Waals surface area contributed by atoms with E-state index < -0.39 is 0 Å². The molecule has 0 aromatic carbocycles. The van der Waals surface area contributed by atoms with Gasteiger partial charge in [0.25, 0.3) is 0 Å². The van der Waals surface area contributed by atoms with Gasteiger partial charge in [-0.05, 0) is 19.3 Å². The summed E-state index contributed by atoms with van der Waals surface area (Å²) in [5.74, 6) is 0.971. The highest BCUT2D eigenvalue weighted by atomic mass is 35.5. The standard InChI is InChI=1S/C14H19ClN4/c1-5-6-19-8-11(7-16-19)14-17-10(4)12(9(2)3)13(15)18-14/h7-9H,5-6H2,1-4H3. The van der Waals surface area contributed by atoms with Crippen LogP contribution in [0.5, 0.6) is 0 Å². The summed E-state index contributed by atoms with van der Waals surface area (Å²) >= 11 is 6.27. The lowest BCUT2D eigenvalue weighted by Crippen LogP contribution is -2.01. The van der Waals surface area contributed by atoms with Crippen LogP contribution in [0.3, 0.4) is 0 Å². The maximum Gasteiger partial charge on any atom is 0.164 e.